The lowest BCUT2D eigenvalue weighted by atomic mass is 10.0. The number of benzene rings is 3. The van der Waals surface area contributed by atoms with Crippen molar-refractivity contribution in [3.63, 3.8) is 0 Å². The molecule has 0 spiro atoms. The maximum atomic E-state index is 13.1. The molecule has 0 aliphatic carbocycles. The fourth-order valence-electron chi connectivity index (χ4n) is 6.22. The number of nitrogens with zero attached hydrogens (tertiary/aromatic N) is 6. The van der Waals surface area contributed by atoms with Gasteiger partial charge >= 0.3 is 0 Å². The standard InChI is InChI=1S/C23H20N4O2.C20H19N5O3/c1-3-27-23(29)21(25-22-18-12-8-7-9-16(18)13-14-24-22)19(15(2)28)20(26-27)17-10-5-4-6-11-17;1-3-25-20(28)18(23-15-8-4-6-13(10-15)19(21)27)16(12(2)26)17(24-25)14-7-5-9-22-11-14/h4-14H,3H2,1-2H3,(H,24,25);4-11,23H,3H2,1-2H3,(H2,21,27). The minimum atomic E-state index is -0.591. The number of carbonyl (C=O) groups excluding carboxylic acids is 3. The van der Waals surface area contributed by atoms with E-state index in [1.807, 2.05) is 67.6 Å². The van der Waals surface area contributed by atoms with Crippen LogP contribution in [0.15, 0.2) is 125 Å². The number of rotatable bonds is 11. The molecule has 3 aromatic carbocycles. The molecular formula is C43H39N9O5. The van der Waals surface area contributed by atoms with Crippen LogP contribution >= 0.6 is 0 Å². The molecule has 4 heterocycles. The zero-order valence-electron chi connectivity index (χ0n) is 31.7. The van der Waals surface area contributed by atoms with Crippen LogP contribution in [0.3, 0.4) is 0 Å². The van der Waals surface area contributed by atoms with Crippen LogP contribution < -0.4 is 27.5 Å². The minimum absolute atomic E-state index is 0.0878. The number of aromatic nitrogens is 6. The fraction of sp³-hybridized carbons (Fsp3) is 0.140. The van der Waals surface area contributed by atoms with Gasteiger partial charge in [0, 0.05) is 59.4 Å². The van der Waals surface area contributed by atoms with E-state index in [1.54, 1.807) is 55.8 Å². The molecule has 1 amide bonds. The van der Waals surface area contributed by atoms with Crippen molar-refractivity contribution in [2.45, 2.75) is 40.8 Å². The first-order valence-corrected chi connectivity index (χ1v) is 18.1. The Hall–Kier alpha value is -7.61. The topological polar surface area (TPSA) is 197 Å². The van der Waals surface area contributed by atoms with E-state index in [-0.39, 0.29) is 45.2 Å². The number of fused-ring (bicyclic) bond motifs is 1. The van der Waals surface area contributed by atoms with Gasteiger partial charge in [0.1, 0.15) is 28.6 Å². The van der Waals surface area contributed by atoms with E-state index in [9.17, 15) is 24.0 Å². The number of nitrogens with two attached hydrogens (primary N) is 1. The molecule has 7 aromatic rings. The van der Waals surface area contributed by atoms with Crippen molar-refractivity contribution in [2.75, 3.05) is 10.6 Å². The van der Waals surface area contributed by atoms with Crippen molar-refractivity contribution in [1.82, 2.24) is 29.5 Å². The van der Waals surface area contributed by atoms with E-state index < -0.39 is 11.5 Å². The molecule has 0 unspecified atom stereocenters. The van der Waals surface area contributed by atoms with Crippen LogP contribution in [0.4, 0.5) is 22.9 Å². The molecule has 57 heavy (non-hydrogen) atoms. The van der Waals surface area contributed by atoms with Crippen molar-refractivity contribution in [3.8, 4) is 22.5 Å². The molecule has 14 heteroatoms. The average molecular weight is 762 g/mol. The number of hydrogen-bond donors (Lipinski definition) is 3. The quantitative estimate of drug-likeness (QED) is 0.117. The van der Waals surface area contributed by atoms with Crippen molar-refractivity contribution < 1.29 is 14.4 Å². The summed E-state index contributed by atoms with van der Waals surface area (Å²) in [5, 5.41) is 16.8. The number of Topliss-reactive ketones (excluding diaryl/α,β-unsaturated/α-hetero) is 2. The molecule has 14 nitrogen and oxygen atoms in total. The second kappa shape index (κ2) is 17.2. The summed E-state index contributed by atoms with van der Waals surface area (Å²) in [5.41, 5.74) is 8.20. The zero-order valence-corrected chi connectivity index (χ0v) is 31.7. The summed E-state index contributed by atoms with van der Waals surface area (Å²) in [6, 6.07) is 28.9. The summed E-state index contributed by atoms with van der Waals surface area (Å²) in [4.78, 5) is 71.0. The van der Waals surface area contributed by atoms with Gasteiger partial charge in [0.05, 0.1) is 11.1 Å². The number of ketones is 2. The smallest absolute Gasteiger partial charge is 0.291 e. The number of carbonyl (C=O) groups is 3. The minimum Gasteiger partial charge on any atom is -0.366 e. The molecule has 0 radical (unpaired) electrons. The second-order valence-electron chi connectivity index (χ2n) is 12.7. The molecule has 4 aromatic heterocycles. The summed E-state index contributed by atoms with van der Waals surface area (Å²) in [5.74, 6) is -0.623. The van der Waals surface area contributed by atoms with Crippen LogP contribution in [0.25, 0.3) is 33.3 Å². The van der Waals surface area contributed by atoms with Crippen molar-refractivity contribution in [3.05, 3.63) is 153 Å². The number of amides is 1. The summed E-state index contributed by atoms with van der Waals surface area (Å²) in [6.07, 6.45) is 4.87. The van der Waals surface area contributed by atoms with E-state index in [0.29, 0.717) is 41.5 Å². The Bertz CT molecular complexity index is 2740. The van der Waals surface area contributed by atoms with Crippen LogP contribution in [0.1, 0.15) is 58.8 Å². The van der Waals surface area contributed by atoms with Crippen LogP contribution in [-0.2, 0) is 13.1 Å². The number of pyridine rings is 2. The van der Waals surface area contributed by atoms with Gasteiger partial charge in [0.2, 0.25) is 5.91 Å². The number of nitrogens with one attached hydrogen (secondary N) is 2. The molecule has 0 aliphatic rings. The Morgan fingerprint density at radius 2 is 1.26 bits per heavy atom. The van der Waals surface area contributed by atoms with Gasteiger partial charge in [0.25, 0.3) is 11.1 Å². The maximum Gasteiger partial charge on any atom is 0.291 e. The van der Waals surface area contributed by atoms with E-state index >= 15 is 0 Å². The van der Waals surface area contributed by atoms with Gasteiger partial charge < -0.3 is 16.4 Å². The number of anilines is 4. The van der Waals surface area contributed by atoms with Crippen LogP contribution in [0.5, 0.6) is 0 Å². The Morgan fingerprint density at radius 1 is 0.667 bits per heavy atom. The van der Waals surface area contributed by atoms with E-state index in [4.69, 9.17) is 5.73 Å². The van der Waals surface area contributed by atoms with Crippen molar-refractivity contribution in [1.29, 1.82) is 0 Å². The predicted molar refractivity (Wildman–Crippen MR) is 220 cm³/mol. The molecule has 0 fully saturated rings. The average Bonchev–Trinajstić information content (AvgIpc) is 3.23. The van der Waals surface area contributed by atoms with Gasteiger partial charge in [-0.25, -0.2) is 14.3 Å². The molecule has 7 rings (SSSR count). The largest absolute Gasteiger partial charge is 0.366 e. The fourth-order valence-corrected chi connectivity index (χ4v) is 6.22. The Morgan fingerprint density at radius 3 is 1.86 bits per heavy atom. The van der Waals surface area contributed by atoms with Gasteiger partial charge in [0.15, 0.2) is 11.6 Å². The highest BCUT2D eigenvalue weighted by Gasteiger charge is 2.24. The summed E-state index contributed by atoms with van der Waals surface area (Å²) in [6.45, 7) is 7.15. The third-order valence-corrected chi connectivity index (χ3v) is 8.93. The van der Waals surface area contributed by atoms with Crippen LogP contribution in [0, 0.1) is 0 Å². The van der Waals surface area contributed by atoms with Crippen LogP contribution in [0.2, 0.25) is 0 Å². The summed E-state index contributed by atoms with van der Waals surface area (Å²) in [7, 11) is 0. The predicted octanol–water partition coefficient (Wildman–Crippen LogP) is 6.79. The third-order valence-electron chi connectivity index (χ3n) is 8.93. The Labute approximate surface area is 327 Å². The Balaban J connectivity index is 0.000000193. The summed E-state index contributed by atoms with van der Waals surface area (Å²) >= 11 is 0. The normalized spacial score (nSPS) is 10.7. The maximum absolute atomic E-state index is 13.1. The first-order valence-electron chi connectivity index (χ1n) is 18.1. The molecule has 0 atom stereocenters. The van der Waals surface area contributed by atoms with Gasteiger partial charge in [-0.2, -0.15) is 10.2 Å². The summed E-state index contributed by atoms with van der Waals surface area (Å²) < 4.78 is 2.64. The highest BCUT2D eigenvalue weighted by molar-refractivity contribution is 6.07. The van der Waals surface area contributed by atoms with Gasteiger partial charge in [-0.15, -0.1) is 0 Å². The van der Waals surface area contributed by atoms with Crippen LogP contribution in [-0.4, -0.2) is 47.0 Å². The SMILES string of the molecule is CCn1nc(-c2ccccc2)c(C(C)=O)c(Nc2nccc3ccccc23)c1=O.CCn1nc(-c2cccnc2)c(C(C)=O)c(Nc2cccc(C(N)=O)c2)c1=O. The third kappa shape index (κ3) is 8.39. The number of hydrogen-bond acceptors (Lipinski definition) is 11. The van der Waals surface area contributed by atoms with E-state index in [2.05, 4.69) is 30.8 Å². The number of aryl methyl sites for hydroxylation is 2. The van der Waals surface area contributed by atoms with Gasteiger partial charge in [-0.05, 0) is 69.5 Å². The van der Waals surface area contributed by atoms with E-state index in [1.165, 1.54) is 29.3 Å². The second-order valence-corrected chi connectivity index (χ2v) is 12.7. The molecule has 286 valence electrons. The van der Waals surface area contributed by atoms with Gasteiger partial charge in [-0.1, -0.05) is 60.7 Å². The molecule has 0 bridgehead atoms. The van der Waals surface area contributed by atoms with Crippen molar-refractivity contribution in [2.24, 2.45) is 5.73 Å². The molecule has 0 saturated heterocycles. The first-order chi connectivity index (χ1) is 27.5. The monoisotopic (exact) mass is 761 g/mol. The lowest BCUT2D eigenvalue weighted by Crippen LogP contribution is -2.28. The number of primary amides is 1. The lowest BCUT2D eigenvalue weighted by Gasteiger charge is -2.16. The molecule has 4 N–H and O–H groups in total. The zero-order chi connectivity index (χ0) is 40.6. The van der Waals surface area contributed by atoms with E-state index in [0.717, 1.165) is 16.3 Å². The molecular weight excluding hydrogens is 723 g/mol. The van der Waals surface area contributed by atoms with Crippen molar-refractivity contribution >= 4 is 51.1 Å². The lowest BCUT2D eigenvalue weighted by molar-refractivity contribution is 0.0995. The van der Waals surface area contributed by atoms with Gasteiger partial charge in [-0.3, -0.25) is 29.0 Å². The highest BCUT2D eigenvalue weighted by Crippen LogP contribution is 2.30. The molecule has 0 saturated carbocycles. The first kappa shape index (κ1) is 39.1. The molecule has 0 aliphatic heterocycles. The highest BCUT2D eigenvalue weighted by atomic mass is 16.2. The Kier molecular flexibility index (Phi) is 11.8.